The van der Waals surface area contributed by atoms with E-state index in [1.807, 2.05) is 25.2 Å². The SMILES string of the molecule is CCCCC(CNCC1CCCCC1)COC(=O)C12OC1(CC=C(C)CC(NC(N)=NC)C1=CCNC(N)=C1)C(=O)c1ccccc1C2=O. The highest BCUT2D eigenvalue weighted by Crippen LogP contribution is 2.58. The van der Waals surface area contributed by atoms with Crippen molar-refractivity contribution < 1.29 is 23.9 Å². The molecule has 11 heteroatoms. The number of fused-ring (bicyclic) bond motifs is 2. The Morgan fingerprint density at radius 1 is 1.18 bits per heavy atom. The number of Topliss-reactive ketones (excluding diaryl/α,β-unsaturated/α-hetero) is 2. The van der Waals surface area contributed by atoms with E-state index < -0.39 is 23.0 Å². The van der Waals surface area contributed by atoms with Crippen molar-refractivity contribution in [3.05, 3.63) is 70.6 Å². The molecule has 1 saturated heterocycles. The number of nitrogens with zero attached hydrogens (tertiary/aromatic N) is 1. The molecule has 7 N–H and O–H groups in total. The fourth-order valence-corrected chi connectivity index (χ4v) is 7.49. The summed E-state index contributed by atoms with van der Waals surface area (Å²) in [4.78, 5) is 46.2. The maximum atomic E-state index is 14.1. The number of nitrogens with one attached hydrogen (secondary N) is 3. The Labute approximate surface area is 290 Å². The molecule has 4 unspecified atom stereocenters. The smallest absolute Gasteiger partial charge is 0.350 e. The molecule has 1 saturated carbocycles. The number of hydrogen-bond acceptors (Lipinski definition) is 9. The van der Waals surface area contributed by atoms with Crippen molar-refractivity contribution in [1.29, 1.82) is 0 Å². The summed E-state index contributed by atoms with van der Waals surface area (Å²) in [5.74, 6) is -0.0712. The van der Waals surface area contributed by atoms with Crippen molar-refractivity contribution in [3.8, 4) is 0 Å². The van der Waals surface area contributed by atoms with Gasteiger partial charge in [0.05, 0.1) is 18.5 Å². The standard InChI is InChI=1S/C38H54N6O5/c1-4-5-11-27(23-42-22-26-12-7-6-8-13-26)24-48-35(47)38-34(46)30-15-10-9-14-29(30)33(45)37(38,49-38)18-16-25(2)20-31(44-36(40)41-3)28-17-19-43-32(39)21-28/h9-10,14-17,21,26-27,31,42-43H,4-8,11-13,18-20,22-24,39H2,1-3H3,(H3,40,41,44). The van der Waals surface area contributed by atoms with Crippen molar-refractivity contribution in [1.82, 2.24) is 16.0 Å². The summed E-state index contributed by atoms with van der Waals surface area (Å²) in [7, 11) is 1.61. The van der Waals surface area contributed by atoms with E-state index in [-0.39, 0.29) is 47.9 Å². The molecule has 0 aromatic heterocycles. The van der Waals surface area contributed by atoms with Gasteiger partial charge >= 0.3 is 5.97 Å². The molecule has 1 aromatic rings. The van der Waals surface area contributed by atoms with Gasteiger partial charge in [-0.3, -0.25) is 14.6 Å². The van der Waals surface area contributed by atoms with Gasteiger partial charge < -0.3 is 36.9 Å². The van der Waals surface area contributed by atoms with Gasteiger partial charge in [-0.05, 0) is 56.7 Å². The molecule has 4 aliphatic rings. The Bertz CT molecular complexity index is 1510. The van der Waals surface area contributed by atoms with Crippen LogP contribution in [0.3, 0.4) is 0 Å². The zero-order valence-electron chi connectivity index (χ0n) is 29.3. The zero-order valence-corrected chi connectivity index (χ0v) is 29.3. The van der Waals surface area contributed by atoms with Crippen molar-refractivity contribution >= 4 is 23.5 Å². The van der Waals surface area contributed by atoms with Crippen LogP contribution < -0.4 is 27.4 Å². The maximum absolute atomic E-state index is 14.1. The van der Waals surface area contributed by atoms with Crippen molar-refractivity contribution in [2.45, 2.75) is 95.3 Å². The average molecular weight is 675 g/mol. The van der Waals surface area contributed by atoms with Crippen LogP contribution in [0.1, 0.15) is 98.8 Å². The van der Waals surface area contributed by atoms with Crippen LogP contribution in [0.2, 0.25) is 0 Å². The molecule has 266 valence electrons. The summed E-state index contributed by atoms with van der Waals surface area (Å²) in [5, 5.41) is 9.93. The number of dihydropyridines is 1. The second-order valence-corrected chi connectivity index (χ2v) is 14.0. The van der Waals surface area contributed by atoms with E-state index >= 15 is 0 Å². The quantitative estimate of drug-likeness (QED) is 0.0430. The lowest BCUT2D eigenvalue weighted by Gasteiger charge is -2.26. The van der Waals surface area contributed by atoms with E-state index in [1.165, 1.54) is 32.1 Å². The molecular weight excluding hydrogens is 620 g/mol. The van der Waals surface area contributed by atoms with Crippen LogP contribution in [0.4, 0.5) is 0 Å². The van der Waals surface area contributed by atoms with Crippen LogP contribution in [0.5, 0.6) is 0 Å². The number of carbonyl (C=O) groups excluding carboxylic acids is 3. The van der Waals surface area contributed by atoms with Gasteiger partial charge in [0, 0.05) is 43.6 Å². The summed E-state index contributed by atoms with van der Waals surface area (Å²) >= 11 is 0. The van der Waals surface area contributed by atoms with Gasteiger partial charge in [-0.1, -0.05) is 81.0 Å². The minimum Gasteiger partial charge on any atom is -0.463 e. The average Bonchev–Trinajstić information content (AvgIpc) is 3.83. The van der Waals surface area contributed by atoms with Gasteiger partial charge in [-0.25, -0.2) is 4.79 Å². The number of epoxide rings is 1. The number of nitrogens with two attached hydrogens (primary N) is 2. The molecule has 11 nitrogen and oxygen atoms in total. The number of hydrogen-bond donors (Lipinski definition) is 5. The normalized spacial score (nSPS) is 25.3. The summed E-state index contributed by atoms with van der Waals surface area (Å²) < 4.78 is 12.1. The molecule has 0 spiro atoms. The molecule has 2 fully saturated rings. The molecule has 5 rings (SSSR count). The largest absolute Gasteiger partial charge is 0.463 e. The molecular formula is C38H54N6O5. The number of aliphatic imine (C=N–C) groups is 1. The summed E-state index contributed by atoms with van der Waals surface area (Å²) in [6.07, 6.45) is 15.6. The number of guanidine groups is 1. The topological polar surface area (TPSA) is 173 Å². The fraction of sp³-hybridized carbons (Fsp3) is 0.579. The summed E-state index contributed by atoms with van der Waals surface area (Å²) in [6.45, 7) is 6.51. The van der Waals surface area contributed by atoms with Crippen LogP contribution in [-0.4, -0.2) is 74.0 Å². The summed E-state index contributed by atoms with van der Waals surface area (Å²) in [6, 6.07) is 6.36. The van der Waals surface area contributed by atoms with Gasteiger partial charge in [0.25, 0.3) is 5.60 Å². The summed E-state index contributed by atoms with van der Waals surface area (Å²) in [5.41, 5.74) is 10.7. The Morgan fingerprint density at radius 2 is 1.92 bits per heavy atom. The van der Waals surface area contributed by atoms with Gasteiger partial charge in [0.2, 0.25) is 5.78 Å². The van der Waals surface area contributed by atoms with Crippen LogP contribution in [-0.2, 0) is 14.3 Å². The lowest BCUT2D eigenvalue weighted by Crippen LogP contribution is -2.50. The molecule has 2 aliphatic carbocycles. The van der Waals surface area contributed by atoms with Crippen LogP contribution >= 0.6 is 0 Å². The van der Waals surface area contributed by atoms with Crippen LogP contribution in [0, 0.1) is 11.8 Å². The van der Waals surface area contributed by atoms with Crippen molar-refractivity contribution in [2.24, 2.45) is 28.3 Å². The molecule has 49 heavy (non-hydrogen) atoms. The Hall–Kier alpha value is -3.96. The second-order valence-electron chi connectivity index (χ2n) is 14.0. The number of ketones is 2. The third-order valence-corrected chi connectivity index (χ3v) is 10.4. The highest BCUT2D eigenvalue weighted by molar-refractivity contribution is 6.32. The lowest BCUT2D eigenvalue weighted by molar-refractivity contribution is -0.149. The predicted octanol–water partition coefficient (Wildman–Crippen LogP) is 4.05. The third kappa shape index (κ3) is 7.94. The Kier molecular flexibility index (Phi) is 12.0. The van der Waals surface area contributed by atoms with E-state index in [0.29, 0.717) is 24.7 Å². The number of esters is 1. The minimum atomic E-state index is -2.01. The first-order chi connectivity index (χ1) is 23.6. The van der Waals surface area contributed by atoms with Crippen molar-refractivity contribution in [2.75, 3.05) is 33.3 Å². The molecule has 0 amide bonds. The van der Waals surface area contributed by atoms with Crippen LogP contribution in [0.25, 0.3) is 0 Å². The van der Waals surface area contributed by atoms with Gasteiger partial charge in [0.1, 0.15) is 0 Å². The minimum absolute atomic E-state index is 0.0394. The third-order valence-electron chi connectivity index (χ3n) is 10.4. The van der Waals surface area contributed by atoms with E-state index in [0.717, 1.165) is 43.5 Å². The first-order valence-electron chi connectivity index (χ1n) is 18.0. The maximum Gasteiger partial charge on any atom is 0.350 e. The Balaban J connectivity index is 1.33. The van der Waals surface area contributed by atoms with E-state index in [9.17, 15) is 14.4 Å². The van der Waals surface area contributed by atoms with Gasteiger partial charge in [-0.2, -0.15) is 0 Å². The lowest BCUT2D eigenvalue weighted by atomic mass is 9.72. The highest BCUT2D eigenvalue weighted by Gasteiger charge is 2.85. The van der Waals surface area contributed by atoms with E-state index in [4.69, 9.17) is 20.9 Å². The molecule has 0 bridgehead atoms. The fourth-order valence-electron chi connectivity index (χ4n) is 7.49. The molecule has 2 heterocycles. The monoisotopic (exact) mass is 674 g/mol. The number of benzene rings is 1. The predicted molar refractivity (Wildman–Crippen MR) is 191 cm³/mol. The number of unbranched alkanes of at least 4 members (excludes halogenated alkanes) is 1. The second kappa shape index (κ2) is 16.2. The van der Waals surface area contributed by atoms with Crippen LogP contribution in [0.15, 0.2) is 64.5 Å². The van der Waals surface area contributed by atoms with E-state index in [1.54, 1.807) is 31.3 Å². The van der Waals surface area contributed by atoms with Crippen molar-refractivity contribution in [3.63, 3.8) is 0 Å². The van der Waals surface area contributed by atoms with Gasteiger partial charge in [0.15, 0.2) is 17.3 Å². The molecule has 2 aliphatic heterocycles. The first-order valence-corrected chi connectivity index (χ1v) is 18.0. The zero-order chi connectivity index (χ0) is 35.0. The highest BCUT2D eigenvalue weighted by atomic mass is 16.7. The number of carbonyl (C=O) groups is 3. The van der Waals surface area contributed by atoms with Gasteiger partial charge in [-0.15, -0.1) is 0 Å². The molecule has 0 radical (unpaired) electrons. The first kappa shape index (κ1) is 36.3. The Morgan fingerprint density at radius 3 is 2.61 bits per heavy atom. The molecule has 1 aromatic carbocycles. The number of ether oxygens (including phenoxy) is 2. The molecule has 4 atom stereocenters. The number of rotatable bonds is 16. The van der Waals surface area contributed by atoms with E-state index in [2.05, 4.69) is 27.9 Å².